The standard InChI is InChI=1S/C21H15IN2O2/c1-13-6-2-3-7-15(13)21-24-18-11-10-14(12-19(18)26-21)23-20(25)16-8-4-5-9-17(16)22/h2-12H,1H3,(H,23,25). The van der Waals surface area contributed by atoms with Gasteiger partial charge in [0.05, 0.1) is 5.56 Å². The Hall–Kier alpha value is -2.67. The van der Waals surface area contributed by atoms with Crippen LogP contribution >= 0.6 is 22.6 Å². The average Bonchev–Trinajstić information content (AvgIpc) is 3.05. The molecule has 0 aliphatic rings. The Morgan fingerprint density at radius 1 is 1.04 bits per heavy atom. The van der Waals surface area contributed by atoms with Crippen molar-refractivity contribution in [2.24, 2.45) is 0 Å². The lowest BCUT2D eigenvalue weighted by Crippen LogP contribution is -2.13. The number of carbonyl (C=O) groups excluding carboxylic acids is 1. The van der Waals surface area contributed by atoms with Crippen LogP contribution in [0.2, 0.25) is 0 Å². The van der Waals surface area contributed by atoms with Gasteiger partial charge in [-0.3, -0.25) is 4.79 Å². The van der Waals surface area contributed by atoms with Gasteiger partial charge in [-0.15, -0.1) is 0 Å². The molecule has 0 radical (unpaired) electrons. The van der Waals surface area contributed by atoms with Crippen LogP contribution in [0.15, 0.2) is 71.1 Å². The summed E-state index contributed by atoms with van der Waals surface area (Å²) in [5.74, 6) is 0.437. The number of fused-ring (bicyclic) bond motifs is 1. The summed E-state index contributed by atoms with van der Waals surface area (Å²) in [6.07, 6.45) is 0. The molecule has 4 nitrogen and oxygen atoms in total. The van der Waals surface area contributed by atoms with E-state index in [4.69, 9.17) is 4.42 Å². The molecule has 1 amide bonds. The van der Waals surface area contributed by atoms with E-state index in [1.54, 1.807) is 12.1 Å². The molecular formula is C21H15IN2O2. The number of aromatic nitrogens is 1. The first-order valence-electron chi connectivity index (χ1n) is 8.14. The lowest BCUT2D eigenvalue weighted by atomic mass is 10.1. The van der Waals surface area contributed by atoms with Crippen molar-refractivity contribution in [1.82, 2.24) is 4.98 Å². The minimum Gasteiger partial charge on any atom is -0.436 e. The van der Waals surface area contributed by atoms with Crippen molar-refractivity contribution in [3.63, 3.8) is 0 Å². The number of anilines is 1. The number of nitrogens with one attached hydrogen (secondary N) is 1. The molecule has 0 saturated carbocycles. The summed E-state index contributed by atoms with van der Waals surface area (Å²) in [5.41, 5.74) is 4.79. The van der Waals surface area contributed by atoms with Gasteiger partial charge >= 0.3 is 0 Å². The quantitative estimate of drug-likeness (QED) is 0.407. The molecule has 1 heterocycles. The van der Waals surface area contributed by atoms with Gasteiger partial charge < -0.3 is 9.73 Å². The van der Waals surface area contributed by atoms with Crippen LogP contribution in [-0.4, -0.2) is 10.9 Å². The normalized spacial score (nSPS) is 10.8. The van der Waals surface area contributed by atoms with E-state index in [1.165, 1.54) is 0 Å². The van der Waals surface area contributed by atoms with Gasteiger partial charge in [0.2, 0.25) is 5.89 Å². The van der Waals surface area contributed by atoms with E-state index < -0.39 is 0 Å². The molecule has 0 aliphatic carbocycles. The van der Waals surface area contributed by atoms with Crippen molar-refractivity contribution in [3.8, 4) is 11.5 Å². The van der Waals surface area contributed by atoms with Crippen LogP contribution in [0.3, 0.4) is 0 Å². The van der Waals surface area contributed by atoms with E-state index in [1.807, 2.05) is 61.5 Å². The Bertz CT molecular complexity index is 1120. The van der Waals surface area contributed by atoms with Gasteiger partial charge in [0.1, 0.15) is 5.52 Å². The van der Waals surface area contributed by atoms with Crippen molar-refractivity contribution in [2.45, 2.75) is 6.92 Å². The fourth-order valence-corrected chi connectivity index (χ4v) is 3.41. The third-order valence-corrected chi connectivity index (χ3v) is 5.08. The molecule has 0 spiro atoms. The Morgan fingerprint density at radius 3 is 2.62 bits per heavy atom. The highest BCUT2D eigenvalue weighted by Crippen LogP contribution is 2.28. The highest BCUT2D eigenvalue weighted by Gasteiger charge is 2.13. The maximum atomic E-state index is 12.5. The zero-order valence-corrected chi connectivity index (χ0v) is 16.2. The highest BCUT2D eigenvalue weighted by atomic mass is 127. The van der Waals surface area contributed by atoms with Crippen LogP contribution in [0.1, 0.15) is 15.9 Å². The molecule has 26 heavy (non-hydrogen) atoms. The Morgan fingerprint density at radius 2 is 1.81 bits per heavy atom. The molecule has 0 atom stereocenters. The number of amides is 1. The fraction of sp³-hybridized carbons (Fsp3) is 0.0476. The maximum Gasteiger partial charge on any atom is 0.256 e. The number of oxazole rings is 1. The zero-order chi connectivity index (χ0) is 18.1. The van der Waals surface area contributed by atoms with E-state index in [0.29, 0.717) is 22.7 Å². The van der Waals surface area contributed by atoms with Gasteiger partial charge in [0.15, 0.2) is 5.58 Å². The molecule has 4 rings (SSSR count). The third kappa shape index (κ3) is 3.22. The maximum absolute atomic E-state index is 12.5. The van der Waals surface area contributed by atoms with Crippen molar-refractivity contribution < 1.29 is 9.21 Å². The fourth-order valence-electron chi connectivity index (χ4n) is 2.77. The molecule has 0 saturated heterocycles. The topological polar surface area (TPSA) is 55.1 Å². The Kier molecular flexibility index (Phi) is 4.46. The van der Waals surface area contributed by atoms with Crippen LogP contribution in [0.25, 0.3) is 22.6 Å². The summed E-state index contributed by atoms with van der Waals surface area (Å²) in [6, 6.07) is 20.9. The highest BCUT2D eigenvalue weighted by molar-refractivity contribution is 14.1. The number of aryl methyl sites for hydroxylation is 1. The molecular weight excluding hydrogens is 439 g/mol. The van der Waals surface area contributed by atoms with Crippen LogP contribution in [0, 0.1) is 10.5 Å². The molecule has 0 aliphatic heterocycles. The molecule has 4 aromatic rings. The average molecular weight is 454 g/mol. The van der Waals surface area contributed by atoms with Crippen molar-refractivity contribution in [3.05, 3.63) is 81.4 Å². The Balaban J connectivity index is 1.65. The van der Waals surface area contributed by atoms with Gasteiger partial charge in [-0.1, -0.05) is 30.3 Å². The smallest absolute Gasteiger partial charge is 0.256 e. The van der Waals surface area contributed by atoms with Crippen molar-refractivity contribution >= 4 is 45.3 Å². The van der Waals surface area contributed by atoms with Gasteiger partial charge in [0, 0.05) is 20.9 Å². The van der Waals surface area contributed by atoms with E-state index in [-0.39, 0.29) is 5.91 Å². The second-order valence-electron chi connectivity index (χ2n) is 5.95. The predicted octanol–water partition coefficient (Wildman–Crippen LogP) is 5.66. The van der Waals surface area contributed by atoms with Gasteiger partial charge in [-0.2, -0.15) is 0 Å². The summed E-state index contributed by atoms with van der Waals surface area (Å²) < 4.78 is 6.83. The summed E-state index contributed by atoms with van der Waals surface area (Å²) in [4.78, 5) is 17.0. The SMILES string of the molecule is Cc1ccccc1-c1nc2ccc(NC(=O)c3ccccc3I)cc2o1. The number of rotatable bonds is 3. The molecule has 1 aromatic heterocycles. The number of benzene rings is 3. The monoisotopic (exact) mass is 454 g/mol. The second kappa shape index (κ2) is 6.92. The third-order valence-electron chi connectivity index (χ3n) is 4.14. The number of hydrogen-bond donors (Lipinski definition) is 1. The molecule has 0 bridgehead atoms. The Labute approximate surface area is 164 Å². The van der Waals surface area contributed by atoms with Crippen molar-refractivity contribution in [2.75, 3.05) is 5.32 Å². The first kappa shape index (κ1) is 16.8. The van der Waals surface area contributed by atoms with E-state index >= 15 is 0 Å². The second-order valence-corrected chi connectivity index (χ2v) is 7.11. The minimum absolute atomic E-state index is 0.145. The first-order valence-corrected chi connectivity index (χ1v) is 9.22. The summed E-state index contributed by atoms with van der Waals surface area (Å²) >= 11 is 2.16. The number of carbonyl (C=O) groups is 1. The number of hydrogen-bond acceptors (Lipinski definition) is 3. The summed E-state index contributed by atoms with van der Waals surface area (Å²) in [5, 5.41) is 2.92. The van der Waals surface area contributed by atoms with Crippen LogP contribution in [-0.2, 0) is 0 Å². The van der Waals surface area contributed by atoms with E-state index in [0.717, 1.165) is 20.2 Å². The van der Waals surface area contributed by atoms with Gasteiger partial charge in [-0.05, 0) is 65.4 Å². The first-order chi connectivity index (χ1) is 12.6. The van der Waals surface area contributed by atoms with E-state index in [2.05, 4.69) is 32.9 Å². The van der Waals surface area contributed by atoms with E-state index in [9.17, 15) is 4.79 Å². The van der Waals surface area contributed by atoms with Gasteiger partial charge in [0.25, 0.3) is 5.91 Å². The molecule has 5 heteroatoms. The number of nitrogens with zero attached hydrogens (tertiary/aromatic N) is 1. The molecule has 128 valence electrons. The predicted molar refractivity (Wildman–Crippen MR) is 111 cm³/mol. The van der Waals surface area contributed by atoms with Crippen LogP contribution < -0.4 is 5.32 Å². The lowest BCUT2D eigenvalue weighted by molar-refractivity contribution is 0.102. The molecule has 0 fully saturated rings. The van der Waals surface area contributed by atoms with Crippen molar-refractivity contribution in [1.29, 1.82) is 0 Å². The van der Waals surface area contributed by atoms with Gasteiger partial charge in [-0.25, -0.2) is 4.98 Å². The number of halogens is 1. The zero-order valence-electron chi connectivity index (χ0n) is 14.0. The van der Waals surface area contributed by atoms with Crippen LogP contribution in [0.5, 0.6) is 0 Å². The molecule has 0 unspecified atom stereocenters. The summed E-state index contributed by atoms with van der Waals surface area (Å²) in [6.45, 7) is 2.03. The largest absolute Gasteiger partial charge is 0.436 e. The molecule has 1 N–H and O–H groups in total. The molecule has 3 aromatic carbocycles. The summed E-state index contributed by atoms with van der Waals surface area (Å²) in [7, 11) is 0. The van der Waals surface area contributed by atoms with Crippen LogP contribution in [0.4, 0.5) is 5.69 Å². The minimum atomic E-state index is -0.145. The lowest BCUT2D eigenvalue weighted by Gasteiger charge is -2.06.